The van der Waals surface area contributed by atoms with Crippen LogP contribution in [-0.2, 0) is 6.54 Å². The van der Waals surface area contributed by atoms with Crippen LogP contribution in [0, 0.1) is 0 Å². The fourth-order valence-corrected chi connectivity index (χ4v) is 1.95. The minimum absolute atomic E-state index is 0.0108. The Morgan fingerprint density at radius 3 is 2.38 bits per heavy atom. The molecular weight excluding hydrogens is 216 g/mol. The normalized spacial score (nSPS) is 11.8. The topological polar surface area (TPSA) is 38.0 Å². The zero-order valence-electron chi connectivity index (χ0n) is 10.4. The summed E-state index contributed by atoms with van der Waals surface area (Å²) >= 11 is 1.87. The van der Waals surface area contributed by atoms with Gasteiger partial charge in [0.15, 0.2) is 0 Å². The van der Waals surface area contributed by atoms with E-state index in [1.54, 1.807) is 0 Å². The van der Waals surface area contributed by atoms with Crippen LogP contribution in [0.2, 0.25) is 0 Å². The summed E-state index contributed by atoms with van der Waals surface area (Å²) in [5, 5.41) is 3.44. The van der Waals surface area contributed by atoms with E-state index in [-0.39, 0.29) is 5.54 Å². The van der Waals surface area contributed by atoms with Gasteiger partial charge in [-0.3, -0.25) is 0 Å². The van der Waals surface area contributed by atoms with Crippen LogP contribution in [0.3, 0.4) is 0 Å². The molecule has 0 aliphatic rings. The maximum atomic E-state index is 5.67. The largest absolute Gasteiger partial charge is 0.329 e. The van der Waals surface area contributed by atoms with Gasteiger partial charge in [-0.25, -0.2) is 0 Å². The number of hydrogen-bond acceptors (Lipinski definition) is 3. The predicted octanol–water partition coefficient (Wildman–Crippen LogP) is 2.63. The number of nitrogens with one attached hydrogen (secondary N) is 1. The van der Waals surface area contributed by atoms with Gasteiger partial charge in [0.25, 0.3) is 0 Å². The monoisotopic (exact) mass is 238 g/mol. The van der Waals surface area contributed by atoms with Gasteiger partial charge >= 0.3 is 0 Å². The summed E-state index contributed by atoms with van der Waals surface area (Å²) in [6.07, 6.45) is 0. The molecule has 0 radical (unpaired) electrons. The van der Waals surface area contributed by atoms with E-state index in [1.165, 1.54) is 10.5 Å². The van der Waals surface area contributed by atoms with Crippen LogP contribution < -0.4 is 11.1 Å². The van der Waals surface area contributed by atoms with Gasteiger partial charge in [0.1, 0.15) is 0 Å². The molecule has 1 rings (SSSR count). The van der Waals surface area contributed by atoms with E-state index in [9.17, 15) is 0 Å². The summed E-state index contributed by atoms with van der Waals surface area (Å²) in [7, 11) is 0. The van der Waals surface area contributed by atoms with Crippen LogP contribution in [-0.4, -0.2) is 17.8 Å². The lowest BCUT2D eigenvalue weighted by Crippen LogP contribution is -2.45. The Morgan fingerprint density at radius 2 is 1.88 bits per heavy atom. The standard InChI is InChI=1S/C13H22N2S/c1-4-16-12-7-5-11(6-8-12)9-15-13(2,3)10-14/h5-8,15H,4,9-10,14H2,1-3H3. The molecule has 0 heterocycles. The second-order valence-corrected chi connectivity index (χ2v) is 5.86. The van der Waals surface area contributed by atoms with Crippen molar-refractivity contribution in [3.63, 3.8) is 0 Å². The molecule has 0 spiro atoms. The Morgan fingerprint density at radius 1 is 1.25 bits per heavy atom. The van der Waals surface area contributed by atoms with Crippen LogP contribution in [0.25, 0.3) is 0 Å². The molecule has 0 saturated carbocycles. The Bertz CT molecular complexity index is 306. The molecule has 16 heavy (non-hydrogen) atoms. The van der Waals surface area contributed by atoms with Gasteiger partial charge in [0.2, 0.25) is 0 Å². The molecule has 0 fully saturated rings. The van der Waals surface area contributed by atoms with Crippen LogP contribution in [0.5, 0.6) is 0 Å². The Hall–Kier alpha value is -0.510. The Labute approximate surface area is 103 Å². The van der Waals surface area contributed by atoms with Gasteiger partial charge in [0.05, 0.1) is 0 Å². The highest BCUT2D eigenvalue weighted by atomic mass is 32.2. The molecule has 0 amide bonds. The van der Waals surface area contributed by atoms with E-state index in [1.807, 2.05) is 11.8 Å². The minimum atomic E-state index is 0.0108. The van der Waals surface area contributed by atoms with Crippen LogP contribution in [0.1, 0.15) is 26.3 Å². The van der Waals surface area contributed by atoms with Gasteiger partial charge in [-0.1, -0.05) is 19.1 Å². The molecule has 0 aliphatic carbocycles. The summed E-state index contributed by atoms with van der Waals surface area (Å²) < 4.78 is 0. The molecule has 1 aromatic carbocycles. The first-order valence-corrected chi connectivity index (χ1v) is 6.73. The summed E-state index contributed by atoms with van der Waals surface area (Å²) in [5.74, 6) is 1.12. The Balaban J connectivity index is 2.49. The van der Waals surface area contributed by atoms with Crippen LogP contribution in [0.4, 0.5) is 0 Å². The lowest BCUT2D eigenvalue weighted by Gasteiger charge is -2.24. The lowest BCUT2D eigenvalue weighted by atomic mass is 10.1. The molecule has 90 valence electrons. The molecule has 0 aliphatic heterocycles. The van der Waals surface area contributed by atoms with Crippen molar-refractivity contribution in [1.29, 1.82) is 0 Å². The Kier molecular flexibility index (Phi) is 5.32. The van der Waals surface area contributed by atoms with E-state index >= 15 is 0 Å². The number of hydrogen-bond donors (Lipinski definition) is 2. The molecule has 0 bridgehead atoms. The maximum Gasteiger partial charge on any atom is 0.0250 e. The summed E-state index contributed by atoms with van der Waals surface area (Å²) in [6.45, 7) is 7.94. The van der Waals surface area contributed by atoms with Gasteiger partial charge in [-0.15, -0.1) is 11.8 Å². The van der Waals surface area contributed by atoms with E-state index in [4.69, 9.17) is 5.73 Å². The van der Waals surface area contributed by atoms with E-state index in [2.05, 4.69) is 50.4 Å². The highest BCUT2D eigenvalue weighted by Gasteiger charge is 2.13. The fraction of sp³-hybridized carbons (Fsp3) is 0.538. The predicted molar refractivity (Wildman–Crippen MR) is 72.8 cm³/mol. The van der Waals surface area contributed by atoms with Crippen LogP contribution in [0.15, 0.2) is 29.2 Å². The number of nitrogens with two attached hydrogens (primary N) is 1. The average molecular weight is 238 g/mol. The summed E-state index contributed by atoms with van der Waals surface area (Å²) in [5.41, 5.74) is 6.99. The van der Waals surface area contributed by atoms with Crippen molar-refractivity contribution in [1.82, 2.24) is 5.32 Å². The van der Waals surface area contributed by atoms with Crippen molar-refractivity contribution in [3.05, 3.63) is 29.8 Å². The first-order chi connectivity index (χ1) is 7.57. The summed E-state index contributed by atoms with van der Waals surface area (Å²) in [4.78, 5) is 1.34. The smallest absolute Gasteiger partial charge is 0.0250 e. The first-order valence-electron chi connectivity index (χ1n) is 5.74. The second-order valence-electron chi connectivity index (χ2n) is 4.52. The van der Waals surface area contributed by atoms with Crippen molar-refractivity contribution >= 4 is 11.8 Å². The van der Waals surface area contributed by atoms with Crippen LogP contribution >= 0.6 is 11.8 Å². The van der Waals surface area contributed by atoms with Crippen molar-refractivity contribution in [3.8, 4) is 0 Å². The highest BCUT2D eigenvalue weighted by molar-refractivity contribution is 7.99. The molecule has 0 unspecified atom stereocenters. The van der Waals surface area contributed by atoms with Crippen molar-refractivity contribution in [2.24, 2.45) is 5.73 Å². The fourth-order valence-electron chi connectivity index (χ4n) is 1.28. The zero-order chi connectivity index (χ0) is 12.0. The number of thioether (sulfide) groups is 1. The third-order valence-electron chi connectivity index (χ3n) is 2.52. The van der Waals surface area contributed by atoms with Gasteiger partial charge < -0.3 is 11.1 Å². The highest BCUT2D eigenvalue weighted by Crippen LogP contribution is 2.17. The molecule has 3 N–H and O–H groups in total. The lowest BCUT2D eigenvalue weighted by molar-refractivity contribution is 0.396. The zero-order valence-corrected chi connectivity index (χ0v) is 11.2. The molecule has 3 heteroatoms. The van der Waals surface area contributed by atoms with Crippen molar-refractivity contribution in [2.45, 2.75) is 37.8 Å². The molecular formula is C13H22N2S. The number of benzene rings is 1. The third kappa shape index (κ3) is 4.56. The van der Waals surface area contributed by atoms with E-state index in [0.29, 0.717) is 6.54 Å². The minimum Gasteiger partial charge on any atom is -0.329 e. The van der Waals surface area contributed by atoms with Crippen molar-refractivity contribution in [2.75, 3.05) is 12.3 Å². The first kappa shape index (κ1) is 13.6. The average Bonchev–Trinajstić information content (AvgIpc) is 2.29. The maximum absolute atomic E-state index is 5.67. The van der Waals surface area contributed by atoms with E-state index < -0.39 is 0 Å². The summed E-state index contributed by atoms with van der Waals surface area (Å²) in [6, 6.07) is 8.72. The second kappa shape index (κ2) is 6.28. The molecule has 0 saturated heterocycles. The molecule has 0 aromatic heterocycles. The molecule has 0 atom stereocenters. The molecule has 1 aromatic rings. The molecule has 2 nitrogen and oxygen atoms in total. The SMILES string of the molecule is CCSc1ccc(CNC(C)(C)CN)cc1. The van der Waals surface area contributed by atoms with Crippen molar-refractivity contribution < 1.29 is 0 Å². The quantitative estimate of drug-likeness (QED) is 0.748. The van der Waals surface area contributed by atoms with Gasteiger partial charge in [0, 0.05) is 23.5 Å². The third-order valence-corrected chi connectivity index (χ3v) is 3.41. The van der Waals surface area contributed by atoms with Gasteiger partial charge in [-0.2, -0.15) is 0 Å². The van der Waals surface area contributed by atoms with E-state index in [0.717, 1.165) is 12.3 Å². The van der Waals surface area contributed by atoms with Gasteiger partial charge in [-0.05, 0) is 37.3 Å². The number of rotatable bonds is 6.